The SMILES string of the molecule is C[C@H](c1ccccc1)N(C)CC(O)CN1C(=O)c2ccccc2C1=O. The van der Waals surface area contributed by atoms with Gasteiger partial charge in [0, 0.05) is 12.6 Å². The molecular weight excluding hydrogens is 316 g/mol. The van der Waals surface area contributed by atoms with Gasteiger partial charge in [-0.15, -0.1) is 0 Å². The molecule has 0 saturated carbocycles. The van der Waals surface area contributed by atoms with E-state index in [4.69, 9.17) is 0 Å². The molecule has 130 valence electrons. The maximum absolute atomic E-state index is 12.4. The number of nitrogens with zero attached hydrogens (tertiary/aromatic N) is 2. The topological polar surface area (TPSA) is 60.9 Å². The van der Waals surface area contributed by atoms with E-state index in [9.17, 15) is 14.7 Å². The van der Waals surface area contributed by atoms with Crippen LogP contribution in [0.2, 0.25) is 0 Å². The smallest absolute Gasteiger partial charge is 0.261 e. The van der Waals surface area contributed by atoms with Gasteiger partial charge < -0.3 is 5.11 Å². The van der Waals surface area contributed by atoms with Gasteiger partial charge in [-0.2, -0.15) is 0 Å². The fourth-order valence-electron chi connectivity index (χ4n) is 3.15. The van der Waals surface area contributed by atoms with Gasteiger partial charge in [0.2, 0.25) is 0 Å². The zero-order valence-corrected chi connectivity index (χ0v) is 14.4. The predicted octanol–water partition coefficient (Wildman–Crippen LogP) is 2.34. The van der Waals surface area contributed by atoms with Crippen LogP contribution in [0.25, 0.3) is 0 Å². The normalized spacial score (nSPS) is 16.2. The molecule has 3 rings (SSSR count). The molecular formula is C20H22N2O3. The van der Waals surface area contributed by atoms with Gasteiger partial charge in [0.1, 0.15) is 0 Å². The summed E-state index contributed by atoms with van der Waals surface area (Å²) in [6.45, 7) is 2.42. The third-order valence-electron chi connectivity index (χ3n) is 4.71. The van der Waals surface area contributed by atoms with Crippen molar-refractivity contribution in [3.8, 4) is 0 Å². The summed E-state index contributed by atoms with van der Waals surface area (Å²) in [6, 6.07) is 16.9. The molecule has 0 fully saturated rings. The van der Waals surface area contributed by atoms with Crippen molar-refractivity contribution in [2.75, 3.05) is 20.1 Å². The number of benzene rings is 2. The Morgan fingerprint density at radius 1 is 0.960 bits per heavy atom. The molecule has 1 heterocycles. The van der Waals surface area contributed by atoms with Crippen molar-refractivity contribution in [2.24, 2.45) is 0 Å². The monoisotopic (exact) mass is 338 g/mol. The molecule has 0 spiro atoms. The number of aliphatic hydroxyl groups is 1. The Bertz CT molecular complexity index is 741. The van der Waals surface area contributed by atoms with Gasteiger partial charge in [0.15, 0.2) is 0 Å². The predicted molar refractivity (Wildman–Crippen MR) is 95.3 cm³/mol. The molecule has 0 saturated heterocycles. The third kappa shape index (κ3) is 3.48. The van der Waals surface area contributed by atoms with E-state index in [1.54, 1.807) is 24.3 Å². The molecule has 2 amide bonds. The number of fused-ring (bicyclic) bond motifs is 1. The average molecular weight is 338 g/mol. The van der Waals surface area contributed by atoms with Crippen molar-refractivity contribution >= 4 is 11.8 Å². The van der Waals surface area contributed by atoms with Gasteiger partial charge in [-0.1, -0.05) is 42.5 Å². The van der Waals surface area contributed by atoms with Crippen molar-refractivity contribution in [3.05, 3.63) is 71.3 Å². The lowest BCUT2D eigenvalue weighted by atomic mass is 10.1. The first kappa shape index (κ1) is 17.3. The number of hydrogen-bond acceptors (Lipinski definition) is 4. The van der Waals surface area contributed by atoms with Gasteiger partial charge >= 0.3 is 0 Å². The molecule has 2 aromatic rings. The van der Waals surface area contributed by atoms with Crippen LogP contribution in [0.4, 0.5) is 0 Å². The number of likely N-dealkylation sites (N-methyl/N-ethyl adjacent to an activating group) is 1. The van der Waals surface area contributed by atoms with E-state index < -0.39 is 6.10 Å². The highest BCUT2D eigenvalue weighted by Gasteiger charge is 2.36. The lowest BCUT2D eigenvalue weighted by Gasteiger charge is -2.28. The van der Waals surface area contributed by atoms with E-state index in [-0.39, 0.29) is 24.4 Å². The van der Waals surface area contributed by atoms with Gasteiger partial charge in [-0.05, 0) is 31.7 Å². The van der Waals surface area contributed by atoms with Gasteiger partial charge in [0.05, 0.1) is 23.8 Å². The Morgan fingerprint density at radius 2 is 1.48 bits per heavy atom. The van der Waals surface area contributed by atoms with E-state index in [1.807, 2.05) is 42.3 Å². The summed E-state index contributed by atoms with van der Waals surface area (Å²) in [5.74, 6) is -0.670. The molecule has 0 radical (unpaired) electrons. The highest BCUT2D eigenvalue weighted by Crippen LogP contribution is 2.23. The summed E-state index contributed by atoms with van der Waals surface area (Å²) in [7, 11) is 1.92. The van der Waals surface area contributed by atoms with E-state index in [0.29, 0.717) is 17.7 Å². The lowest BCUT2D eigenvalue weighted by Crippen LogP contribution is -2.42. The Kier molecular flexibility index (Phi) is 4.97. The van der Waals surface area contributed by atoms with Crippen LogP contribution in [0.15, 0.2) is 54.6 Å². The third-order valence-corrected chi connectivity index (χ3v) is 4.71. The summed E-state index contributed by atoms with van der Waals surface area (Å²) in [5.41, 5.74) is 1.97. The Labute approximate surface area is 147 Å². The van der Waals surface area contributed by atoms with E-state index in [0.717, 1.165) is 10.5 Å². The van der Waals surface area contributed by atoms with E-state index in [1.165, 1.54) is 0 Å². The molecule has 2 atom stereocenters. The summed E-state index contributed by atoms with van der Waals surface area (Å²) < 4.78 is 0. The van der Waals surface area contributed by atoms with Crippen LogP contribution >= 0.6 is 0 Å². The summed E-state index contributed by atoms with van der Waals surface area (Å²) in [6.07, 6.45) is -0.807. The number of imide groups is 1. The van der Waals surface area contributed by atoms with Crippen LogP contribution in [0, 0.1) is 0 Å². The second-order valence-corrected chi connectivity index (χ2v) is 6.45. The number of hydrogen-bond donors (Lipinski definition) is 1. The van der Waals surface area contributed by atoms with Gasteiger partial charge in [-0.3, -0.25) is 19.4 Å². The first-order chi connectivity index (χ1) is 12.0. The molecule has 1 unspecified atom stereocenters. The maximum atomic E-state index is 12.4. The highest BCUT2D eigenvalue weighted by atomic mass is 16.3. The summed E-state index contributed by atoms with van der Waals surface area (Å²) in [4.78, 5) is 27.9. The molecule has 25 heavy (non-hydrogen) atoms. The van der Waals surface area contributed by atoms with Crippen molar-refractivity contribution in [2.45, 2.75) is 19.1 Å². The average Bonchev–Trinajstić information content (AvgIpc) is 2.87. The highest BCUT2D eigenvalue weighted by molar-refractivity contribution is 6.21. The van der Waals surface area contributed by atoms with Gasteiger partial charge in [-0.25, -0.2) is 0 Å². The molecule has 0 bridgehead atoms. The Morgan fingerprint density at radius 3 is 2.04 bits per heavy atom. The van der Waals surface area contributed by atoms with Gasteiger partial charge in [0.25, 0.3) is 11.8 Å². The molecule has 0 aliphatic carbocycles. The molecule has 2 aromatic carbocycles. The van der Waals surface area contributed by atoms with Crippen molar-refractivity contribution in [1.82, 2.24) is 9.80 Å². The molecule has 1 aliphatic rings. The molecule has 5 nitrogen and oxygen atoms in total. The number of β-amino-alcohol motifs (C(OH)–C–C–N with tert-alkyl or cyclic N) is 1. The number of rotatable bonds is 6. The fraction of sp³-hybridized carbons (Fsp3) is 0.300. The number of carbonyl (C=O) groups is 2. The number of amides is 2. The van der Waals surface area contributed by atoms with Crippen LogP contribution in [0.3, 0.4) is 0 Å². The minimum Gasteiger partial charge on any atom is -0.390 e. The second-order valence-electron chi connectivity index (χ2n) is 6.45. The zero-order chi connectivity index (χ0) is 18.0. The maximum Gasteiger partial charge on any atom is 0.261 e. The largest absolute Gasteiger partial charge is 0.390 e. The minimum atomic E-state index is -0.807. The van der Waals surface area contributed by atoms with Crippen LogP contribution in [0.1, 0.15) is 39.2 Å². The van der Waals surface area contributed by atoms with Crippen molar-refractivity contribution < 1.29 is 14.7 Å². The molecule has 0 aromatic heterocycles. The Hall–Kier alpha value is -2.50. The van der Waals surface area contributed by atoms with Crippen LogP contribution in [0.5, 0.6) is 0 Å². The lowest BCUT2D eigenvalue weighted by molar-refractivity contribution is 0.0466. The van der Waals surface area contributed by atoms with Crippen LogP contribution in [-0.4, -0.2) is 53.0 Å². The van der Waals surface area contributed by atoms with Crippen molar-refractivity contribution in [1.29, 1.82) is 0 Å². The Balaban J connectivity index is 1.62. The minimum absolute atomic E-state index is 0.00179. The van der Waals surface area contributed by atoms with Crippen LogP contribution in [-0.2, 0) is 0 Å². The molecule has 1 N–H and O–H groups in total. The molecule has 5 heteroatoms. The first-order valence-corrected chi connectivity index (χ1v) is 8.37. The van der Waals surface area contributed by atoms with E-state index in [2.05, 4.69) is 6.92 Å². The van der Waals surface area contributed by atoms with Crippen LogP contribution < -0.4 is 0 Å². The number of aliphatic hydroxyl groups excluding tert-OH is 1. The second kappa shape index (κ2) is 7.17. The summed E-state index contributed by atoms with van der Waals surface area (Å²) in [5, 5.41) is 10.4. The summed E-state index contributed by atoms with van der Waals surface area (Å²) >= 11 is 0. The molecule has 1 aliphatic heterocycles. The van der Waals surface area contributed by atoms with E-state index >= 15 is 0 Å². The standard InChI is InChI=1S/C20H22N2O3/c1-14(15-8-4-3-5-9-15)21(2)12-16(23)13-22-19(24)17-10-6-7-11-18(17)20(22)25/h3-11,14,16,23H,12-13H2,1-2H3/t14-,16?/m1/s1. The zero-order valence-electron chi connectivity index (χ0n) is 14.4. The fourth-order valence-corrected chi connectivity index (χ4v) is 3.15. The van der Waals surface area contributed by atoms with Crippen molar-refractivity contribution in [3.63, 3.8) is 0 Å². The first-order valence-electron chi connectivity index (χ1n) is 8.37. The quantitative estimate of drug-likeness (QED) is 0.821. The number of carbonyl (C=O) groups excluding carboxylic acids is 2.